The van der Waals surface area contributed by atoms with Crippen molar-refractivity contribution in [2.75, 3.05) is 0 Å². The molecular formula is C8H12N4O2. The first-order valence-corrected chi connectivity index (χ1v) is 3.73. The molecular weight excluding hydrogens is 184 g/mol. The average molecular weight is 196 g/mol. The Labute approximate surface area is 81.3 Å². The van der Waals surface area contributed by atoms with E-state index in [0.29, 0.717) is 0 Å². The van der Waals surface area contributed by atoms with Crippen molar-refractivity contribution in [1.82, 2.24) is 10.6 Å². The number of primary amides is 2. The van der Waals surface area contributed by atoms with Crippen molar-refractivity contribution in [3.05, 3.63) is 36.7 Å². The number of nitrogens with two attached hydrogens (primary N) is 2. The number of amides is 4. The van der Waals surface area contributed by atoms with Crippen LogP contribution in [0.4, 0.5) is 9.59 Å². The van der Waals surface area contributed by atoms with Gasteiger partial charge in [-0.25, -0.2) is 9.59 Å². The molecule has 1 heterocycles. The first-order chi connectivity index (χ1) is 6.63. The fraction of sp³-hybridized carbons (Fsp3) is 0. The van der Waals surface area contributed by atoms with Crippen molar-refractivity contribution in [2.45, 2.75) is 0 Å². The molecule has 76 valence electrons. The van der Waals surface area contributed by atoms with Gasteiger partial charge in [0.15, 0.2) is 0 Å². The maximum Gasteiger partial charge on any atom is 0.320 e. The summed E-state index contributed by atoms with van der Waals surface area (Å²) in [5.41, 5.74) is 8.88. The van der Waals surface area contributed by atoms with E-state index in [1.54, 1.807) is 5.32 Å². The number of carbonyl (C=O) groups excluding carboxylic acids is 2. The van der Waals surface area contributed by atoms with E-state index in [2.05, 4.69) is 16.8 Å². The highest BCUT2D eigenvalue weighted by Crippen LogP contribution is 1.81. The van der Waals surface area contributed by atoms with E-state index < -0.39 is 12.1 Å². The molecule has 14 heavy (non-hydrogen) atoms. The molecule has 1 rings (SSSR count). The van der Waals surface area contributed by atoms with Gasteiger partial charge in [-0.2, -0.15) is 0 Å². The van der Waals surface area contributed by atoms with Crippen LogP contribution < -0.4 is 22.1 Å². The highest BCUT2D eigenvalue weighted by Gasteiger charge is 1.92. The number of rotatable bonds is 0. The van der Waals surface area contributed by atoms with Crippen LogP contribution in [0, 0.1) is 0 Å². The highest BCUT2D eigenvalue weighted by atomic mass is 16.2. The van der Waals surface area contributed by atoms with Gasteiger partial charge in [-0.3, -0.25) is 5.32 Å². The number of carbonyl (C=O) groups is 2. The summed E-state index contributed by atoms with van der Waals surface area (Å²) in [7, 11) is 0. The van der Waals surface area contributed by atoms with Crippen LogP contribution in [0.25, 0.3) is 0 Å². The second kappa shape index (κ2) is 7.41. The van der Waals surface area contributed by atoms with Gasteiger partial charge < -0.3 is 16.8 Å². The molecule has 0 saturated heterocycles. The van der Waals surface area contributed by atoms with Gasteiger partial charge in [-0.15, -0.1) is 0 Å². The Kier molecular flexibility index (Phi) is 6.23. The maximum atomic E-state index is 9.62. The molecule has 4 amide bonds. The van der Waals surface area contributed by atoms with Crippen molar-refractivity contribution >= 4 is 12.1 Å². The van der Waals surface area contributed by atoms with Crippen LogP contribution in [0.5, 0.6) is 0 Å². The van der Waals surface area contributed by atoms with Crippen LogP contribution in [0.15, 0.2) is 36.7 Å². The van der Waals surface area contributed by atoms with Crippen molar-refractivity contribution in [3.63, 3.8) is 0 Å². The Bertz CT molecular complexity index is 255. The van der Waals surface area contributed by atoms with Gasteiger partial charge in [0, 0.05) is 12.4 Å². The lowest BCUT2D eigenvalue weighted by molar-refractivity contribution is 0.236. The predicted octanol–water partition coefficient (Wildman–Crippen LogP) is -0.0934. The zero-order valence-electron chi connectivity index (χ0n) is 7.44. The highest BCUT2D eigenvalue weighted by molar-refractivity contribution is 5.91. The lowest BCUT2D eigenvalue weighted by Crippen LogP contribution is -2.38. The third-order valence-electron chi connectivity index (χ3n) is 0.965. The number of imide groups is 1. The topological polar surface area (TPSA) is 110 Å². The van der Waals surface area contributed by atoms with E-state index in [-0.39, 0.29) is 0 Å². The molecule has 0 aromatic heterocycles. The SMILES string of the molecule is C1=CC=CNC=C1.NC(=O)NC(N)=O. The normalized spacial score (nSPS) is 11.7. The standard InChI is InChI=1S/C6H7N.C2H5N3O2/c1-2-4-6-7-5-3-1;3-1(6)5-2(4)7/h1-7H;(H5,3,4,5,6,7). The van der Waals surface area contributed by atoms with Gasteiger partial charge in [0.05, 0.1) is 0 Å². The second-order valence-electron chi connectivity index (χ2n) is 2.12. The molecule has 1 aliphatic rings. The summed E-state index contributed by atoms with van der Waals surface area (Å²) in [6.07, 6.45) is 11.6. The maximum absolute atomic E-state index is 9.62. The molecule has 6 heteroatoms. The van der Waals surface area contributed by atoms with Gasteiger partial charge in [-0.1, -0.05) is 12.2 Å². The van der Waals surface area contributed by atoms with Gasteiger partial charge >= 0.3 is 12.1 Å². The first kappa shape index (κ1) is 11.8. The minimum Gasteiger partial charge on any atom is -0.368 e. The van der Waals surface area contributed by atoms with Crippen molar-refractivity contribution in [1.29, 1.82) is 0 Å². The number of hydrogen-bond donors (Lipinski definition) is 4. The molecule has 0 aromatic carbocycles. The van der Waals surface area contributed by atoms with E-state index >= 15 is 0 Å². The summed E-state index contributed by atoms with van der Waals surface area (Å²) in [5.74, 6) is 0. The molecule has 0 aliphatic carbocycles. The van der Waals surface area contributed by atoms with Crippen LogP contribution in [-0.4, -0.2) is 12.1 Å². The summed E-state index contributed by atoms with van der Waals surface area (Å²) in [6, 6.07) is -1.88. The summed E-state index contributed by atoms with van der Waals surface area (Å²) >= 11 is 0. The van der Waals surface area contributed by atoms with Crippen molar-refractivity contribution in [2.24, 2.45) is 11.5 Å². The molecule has 0 spiro atoms. The third-order valence-corrected chi connectivity index (χ3v) is 0.965. The van der Waals surface area contributed by atoms with Gasteiger partial charge in [0.2, 0.25) is 0 Å². The molecule has 6 nitrogen and oxygen atoms in total. The fourth-order valence-corrected chi connectivity index (χ4v) is 0.528. The largest absolute Gasteiger partial charge is 0.368 e. The van der Waals surface area contributed by atoms with E-state index in [4.69, 9.17) is 0 Å². The van der Waals surface area contributed by atoms with Crippen LogP contribution >= 0.6 is 0 Å². The Balaban J connectivity index is 0.000000241. The summed E-state index contributed by atoms with van der Waals surface area (Å²) in [4.78, 5) is 19.2. The molecule has 0 unspecified atom stereocenters. The summed E-state index contributed by atoms with van der Waals surface area (Å²) in [6.45, 7) is 0. The first-order valence-electron chi connectivity index (χ1n) is 3.73. The Morgan fingerprint density at radius 3 is 1.64 bits per heavy atom. The zero-order chi connectivity index (χ0) is 10.8. The van der Waals surface area contributed by atoms with E-state index in [1.807, 2.05) is 36.7 Å². The van der Waals surface area contributed by atoms with Gasteiger partial charge in [0.25, 0.3) is 0 Å². The van der Waals surface area contributed by atoms with Gasteiger partial charge in [0.1, 0.15) is 0 Å². The fourth-order valence-electron chi connectivity index (χ4n) is 0.528. The molecule has 0 atom stereocenters. The van der Waals surface area contributed by atoms with E-state index in [9.17, 15) is 9.59 Å². The molecule has 0 aromatic rings. The molecule has 1 aliphatic heterocycles. The molecule has 0 radical (unpaired) electrons. The summed E-state index contributed by atoms with van der Waals surface area (Å²) < 4.78 is 0. The Hall–Kier alpha value is -2.24. The molecule has 6 N–H and O–H groups in total. The summed E-state index contributed by atoms with van der Waals surface area (Å²) in [5, 5.41) is 4.51. The van der Waals surface area contributed by atoms with Crippen LogP contribution in [0.2, 0.25) is 0 Å². The smallest absolute Gasteiger partial charge is 0.320 e. The Morgan fingerprint density at radius 2 is 1.36 bits per heavy atom. The molecule has 0 fully saturated rings. The average Bonchev–Trinajstić information content (AvgIpc) is 2.32. The number of urea groups is 2. The van der Waals surface area contributed by atoms with Crippen molar-refractivity contribution < 1.29 is 9.59 Å². The van der Waals surface area contributed by atoms with Crippen LogP contribution in [0.1, 0.15) is 0 Å². The lowest BCUT2D eigenvalue weighted by Gasteiger charge is -1.88. The molecule has 0 bridgehead atoms. The van der Waals surface area contributed by atoms with E-state index in [0.717, 1.165) is 0 Å². The monoisotopic (exact) mass is 196 g/mol. The lowest BCUT2D eigenvalue weighted by atomic mass is 10.5. The number of allylic oxidation sites excluding steroid dienone is 4. The van der Waals surface area contributed by atoms with Crippen LogP contribution in [0.3, 0.4) is 0 Å². The number of hydrogen-bond acceptors (Lipinski definition) is 3. The second-order valence-corrected chi connectivity index (χ2v) is 2.12. The minimum absolute atomic E-state index is 0.937. The quantitative estimate of drug-likeness (QED) is 0.434. The van der Waals surface area contributed by atoms with E-state index in [1.165, 1.54) is 0 Å². The van der Waals surface area contributed by atoms with Gasteiger partial charge in [-0.05, 0) is 12.2 Å². The van der Waals surface area contributed by atoms with Crippen molar-refractivity contribution in [3.8, 4) is 0 Å². The number of nitrogens with one attached hydrogen (secondary N) is 2. The third kappa shape index (κ3) is 9.76. The van der Waals surface area contributed by atoms with Crippen LogP contribution in [-0.2, 0) is 0 Å². The Morgan fingerprint density at radius 1 is 0.929 bits per heavy atom. The molecule has 0 saturated carbocycles. The zero-order valence-corrected chi connectivity index (χ0v) is 7.44. The minimum atomic E-state index is -0.938. The predicted molar refractivity (Wildman–Crippen MR) is 52.9 cm³/mol.